The molecule has 0 spiro atoms. The molecule has 0 aliphatic rings. The number of methoxy groups -OCH3 is 1. The van der Waals surface area contributed by atoms with E-state index in [-0.39, 0.29) is 0 Å². The zero-order chi connectivity index (χ0) is 15.4. The number of rotatable bonds is 6. The van der Waals surface area contributed by atoms with Crippen molar-refractivity contribution in [3.05, 3.63) is 41.2 Å². The standard InChI is InChI=1S/C17H25N3O/c1-6-18-11-12(2)17-13(3)19-20(14(17)4)15-9-7-8-10-16(15)21-5/h7-10,12,18H,6,11H2,1-5H3. The maximum absolute atomic E-state index is 5.46. The van der Waals surface area contributed by atoms with Crippen molar-refractivity contribution in [3.8, 4) is 11.4 Å². The minimum absolute atomic E-state index is 0.438. The van der Waals surface area contributed by atoms with Crippen LogP contribution >= 0.6 is 0 Å². The monoisotopic (exact) mass is 287 g/mol. The predicted molar refractivity (Wildman–Crippen MR) is 86.5 cm³/mol. The summed E-state index contributed by atoms with van der Waals surface area (Å²) in [6.07, 6.45) is 0. The van der Waals surface area contributed by atoms with E-state index in [4.69, 9.17) is 9.84 Å². The Labute approximate surface area is 127 Å². The molecule has 1 aromatic heterocycles. The number of aromatic nitrogens is 2. The molecule has 1 heterocycles. The molecule has 0 bridgehead atoms. The summed E-state index contributed by atoms with van der Waals surface area (Å²) in [5.74, 6) is 1.28. The number of benzene rings is 1. The molecule has 2 rings (SSSR count). The Hall–Kier alpha value is -1.81. The van der Waals surface area contributed by atoms with E-state index in [1.807, 2.05) is 28.9 Å². The topological polar surface area (TPSA) is 39.1 Å². The average molecular weight is 287 g/mol. The van der Waals surface area contributed by atoms with E-state index in [9.17, 15) is 0 Å². The highest BCUT2D eigenvalue weighted by Crippen LogP contribution is 2.28. The van der Waals surface area contributed by atoms with Crippen LogP contribution in [-0.2, 0) is 0 Å². The number of ether oxygens (including phenoxy) is 1. The van der Waals surface area contributed by atoms with Crippen LogP contribution in [-0.4, -0.2) is 30.0 Å². The van der Waals surface area contributed by atoms with Crippen molar-refractivity contribution in [3.63, 3.8) is 0 Å². The second-order valence-corrected chi connectivity index (χ2v) is 5.38. The van der Waals surface area contributed by atoms with Gasteiger partial charge in [-0.1, -0.05) is 26.0 Å². The molecule has 0 aliphatic heterocycles. The molecule has 0 radical (unpaired) electrons. The number of para-hydroxylation sites is 2. The SMILES string of the molecule is CCNCC(C)c1c(C)nn(-c2ccccc2OC)c1C. The third-order valence-electron chi connectivity index (χ3n) is 3.85. The number of nitrogens with zero attached hydrogens (tertiary/aromatic N) is 2. The van der Waals surface area contributed by atoms with Gasteiger partial charge < -0.3 is 10.1 Å². The molecule has 4 nitrogen and oxygen atoms in total. The summed E-state index contributed by atoms with van der Waals surface area (Å²) in [6.45, 7) is 10.5. The molecule has 114 valence electrons. The van der Waals surface area contributed by atoms with E-state index in [0.29, 0.717) is 5.92 Å². The van der Waals surface area contributed by atoms with Gasteiger partial charge in [-0.15, -0.1) is 0 Å². The lowest BCUT2D eigenvalue weighted by Crippen LogP contribution is -2.20. The molecule has 1 atom stereocenters. The van der Waals surface area contributed by atoms with E-state index in [1.54, 1.807) is 7.11 Å². The molecule has 1 N–H and O–H groups in total. The molecule has 0 aliphatic carbocycles. The highest BCUT2D eigenvalue weighted by Gasteiger charge is 2.19. The molecule has 0 saturated heterocycles. The molecule has 4 heteroatoms. The van der Waals surface area contributed by atoms with Gasteiger partial charge in [-0.3, -0.25) is 0 Å². The maximum Gasteiger partial charge on any atom is 0.144 e. The van der Waals surface area contributed by atoms with E-state index in [1.165, 1.54) is 11.3 Å². The molecule has 1 unspecified atom stereocenters. The molecule has 0 amide bonds. The number of hydrogen-bond acceptors (Lipinski definition) is 3. The van der Waals surface area contributed by atoms with E-state index in [2.05, 4.69) is 33.0 Å². The normalized spacial score (nSPS) is 12.4. The Morgan fingerprint density at radius 3 is 2.67 bits per heavy atom. The minimum atomic E-state index is 0.438. The van der Waals surface area contributed by atoms with E-state index < -0.39 is 0 Å². The van der Waals surface area contributed by atoms with Crippen LogP contribution in [0.1, 0.15) is 36.7 Å². The van der Waals surface area contributed by atoms with Gasteiger partial charge in [0.05, 0.1) is 12.8 Å². The van der Waals surface area contributed by atoms with Crippen molar-refractivity contribution in [2.75, 3.05) is 20.2 Å². The third-order valence-corrected chi connectivity index (χ3v) is 3.85. The van der Waals surface area contributed by atoms with Crippen molar-refractivity contribution in [2.24, 2.45) is 0 Å². The highest BCUT2D eigenvalue weighted by molar-refractivity contribution is 5.48. The first-order chi connectivity index (χ1) is 10.1. The van der Waals surface area contributed by atoms with Gasteiger partial charge in [0.15, 0.2) is 0 Å². The second kappa shape index (κ2) is 6.76. The fraction of sp³-hybridized carbons (Fsp3) is 0.471. The Balaban J connectivity index is 2.43. The molecule has 2 aromatic rings. The van der Waals surface area contributed by atoms with Gasteiger partial charge >= 0.3 is 0 Å². The molecule has 1 aromatic carbocycles. The van der Waals surface area contributed by atoms with Gasteiger partial charge in [0.2, 0.25) is 0 Å². The highest BCUT2D eigenvalue weighted by atomic mass is 16.5. The van der Waals surface area contributed by atoms with Crippen molar-refractivity contribution in [1.82, 2.24) is 15.1 Å². The molecule has 0 fully saturated rings. The fourth-order valence-corrected chi connectivity index (χ4v) is 2.87. The lowest BCUT2D eigenvalue weighted by Gasteiger charge is -2.14. The largest absolute Gasteiger partial charge is 0.494 e. The van der Waals surface area contributed by atoms with Gasteiger partial charge in [0.1, 0.15) is 11.4 Å². The maximum atomic E-state index is 5.46. The molecular formula is C17H25N3O. The van der Waals surface area contributed by atoms with Crippen LogP contribution in [0, 0.1) is 13.8 Å². The van der Waals surface area contributed by atoms with Crippen molar-refractivity contribution in [2.45, 2.75) is 33.6 Å². The van der Waals surface area contributed by atoms with Crippen LogP contribution in [0.5, 0.6) is 5.75 Å². The quantitative estimate of drug-likeness (QED) is 0.886. The zero-order valence-electron chi connectivity index (χ0n) is 13.6. The van der Waals surface area contributed by atoms with Gasteiger partial charge in [-0.2, -0.15) is 5.10 Å². The third kappa shape index (κ3) is 3.10. The number of hydrogen-bond donors (Lipinski definition) is 1. The van der Waals surface area contributed by atoms with Crippen LogP contribution in [0.2, 0.25) is 0 Å². The van der Waals surface area contributed by atoms with Gasteiger partial charge in [0, 0.05) is 17.8 Å². The van der Waals surface area contributed by atoms with Crippen molar-refractivity contribution >= 4 is 0 Å². The summed E-state index contributed by atoms with van der Waals surface area (Å²) < 4.78 is 7.45. The summed E-state index contributed by atoms with van der Waals surface area (Å²) in [4.78, 5) is 0. The van der Waals surface area contributed by atoms with E-state index in [0.717, 1.165) is 30.2 Å². The average Bonchev–Trinajstić information content (AvgIpc) is 2.79. The van der Waals surface area contributed by atoms with Crippen LogP contribution in [0.3, 0.4) is 0 Å². The summed E-state index contributed by atoms with van der Waals surface area (Å²) in [5, 5.41) is 8.14. The Morgan fingerprint density at radius 1 is 1.29 bits per heavy atom. The molecule has 0 saturated carbocycles. The lowest BCUT2D eigenvalue weighted by molar-refractivity contribution is 0.411. The Kier molecular flexibility index (Phi) is 5.02. The molecule has 21 heavy (non-hydrogen) atoms. The second-order valence-electron chi connectivity index (χ2n) is 5.38. The summed E-state index contributed by atoms with van der Waals surface area (Å²) in [7, 11) is 1.69. The first-order valence-corrected chi connectivity index (χ1v) is 7.50. The van der Waals surface area contributed by atoms with Crippen LogP contribution in [0.25, 0.3) is 5.69 Å². The summed E-state index contributed by atoms with van der Waals surface area (Å²) >= 11 is 0. The number of likely N-dealkylation sites (N-methyl/N-ethyl adjacent to an activating group) is 1. The number of nitrogens with one attached hydrogen (secondary N) is 1. The first-order valence-electron chi connectivity index (χ1n) is 7.50. The Morgan fingerprint density at radius 2 is 2.00 bits per heavy atom. The Bertz CT molecular complexity index is 604. The zero-order valence-corrected chi connectivity index (χ0v) is 13.6. The van der Waals surface area contributed by atoms with Gasteiger partial charge in [0.25, 0.3) is 0 Å². The van der Waals surface area contributed by atoms with Crippen LogP contribution < -0.4 is 10.1 Å². The summed E-state index contributed by atoms with van der Waals surface area (Å²) in [6, 6.07) is 7.99. The fourth-order valence-electron chi connectivity index (χ4n) is 2.87. The minimum Gasteiger partial charge on any atom is -0.494 e. The van der Waals surface area contributed by atoms with Crippen molar-refractivity contribution in [1.29, 1.82) is 0 Å². The van der Waals surface area contributed by atoms with Crippen LogP contribution in [0.15, 0.2) is 24.3 Å². The predicted octanol–water partition coefficient (Wildman–Crippen LogP) is 3.21. The van der Waals surface area contributed by atoms with Crippen molar-refractivity contribution < 1.29 is 4.74 Å². The lowest BCUT2D eigenvalue weighted by atomic mass is 9.99. The van der Waals surface area contributed by atoms with E-state index >= 15 is 0 Å². The van der Waals surface area contributed by atoms with Gasteiger partial charge in [-0.05, 0) is 38.4 Å². The van der Waals surface area contributed by atoms with Gasteiger partial charge in [-0.25, -0.2) is 4.68 Å². The summed E-state index contributed by atoms with van der Waals surface area (Å²) in [5.41, 5.74) is 4.58. The first kappa shape index (κ1) is 15.6. The molecular weight excluding hydrogens is 262 g/mol. The van der Waals surface area contributed by atoms with Crippen LogP contribution in [0.4, 0.5) is 0 Å². The smallest absolute Gasteiger partial charge is 0.144 e. The number of aryl methyl sites for hydroxylation is 1.